The first-order chi connectivity index (χ1) is 8.80. The van der Waals surface area contributed by atoms with Crippen LogP contribution in [0, 0.1) is 0 Å². The van der Waals surface area contributed by atoms with E-state index >= 15 is 0 Å². The number of thiocarbonyl (C=S) groups is 1. The normalized spacial score (nSPS) is 26.9. The first-order valence-electron chi connectivity index (χ1n) is 7.99. The van der Waals surface area contributed by atoms with Crippen LogP contribution in [0.1, 0.15) is 89.9 Å². The van der Waals surface area contributed by atoms with Crippen LogP contribution in [0.5, 0.6) is 0 Å². The molecule has 0 N–H and O–H groups in total. The Kier molecular flexibility index (Phi) is 9.78. The molecule has 1 radical (unpaired) electrons. The fourth-order valence-electron chi connectivity index (χ4n) is 2.72. The molecular weight excluding hydrogens is 240 g/mol. The molecule has 0 bridgehead atoms. The molecule has 0 aromatic carbocycles. The second kappa shape index (κ2) is 10.9. The van der Waals surface area contributed by atoms with Crippen molar-refractivity contribution in [1.29, 1.82) is 0 Å². The smallest absolute Gasteiger partial charge is 0.124 e. The first kappa shape index (κ1) is 16.1. The minimum absolute atomic E-state index is 0.562. The molecule has 0 spiro atoms. The van der Waals surface area contributed by atoms with Crippen LogP contribution in [-0.4, -0.2) is 11.0 Å². The summed E-state index contributed by atoms with van der Waals surface area (Å²) >= 11 is 5.25. The summed E-state index contributed by atoms with van der Waals surface area (Å²) in [6, 6.07) is 0. The van der Waals surface area contributed by atoms with E-state index in [2.05, 4.69) is 0 Å². The minimum atomic E-state index is -0.562. The van der Waals surface area contributed by atoms with Crippen molar-refractivity contribution in [1.82, 2.24) is 0 Å². The Labute approximate surface area is 118 Å². The van der Waals surface area contributed by atoms with Crippen LogP contribution in [0.25, 0.3) is 0 Å². The third-order valence-corrected chi connectivity index (χ3v) is 4.47. The third kappa shape index (κ3) is 8.20. The fraction of sp³-hybridized carbons (Fsp3) is 0.938. The molecule has 1 aliphatic rings. The molecule has 1 nitrogen and oxygen atoms in total. The van der Waals surface area contributed by atoms with Gasteiger partial charge in [-0.3, -0.25) is 0 Å². The highest BCUT2D eigenvalue weighted by atomic mass is 32.1. The Morgan fingerprint density at radius 1 is 0.667 bits per heavy atom. The van der Waals surface area contributed by atoms with E-state index in [1.54, 1.807) is 0 Å². The van der Waals surface area contributed by atoms with Crippen molar-refractivity contribution in [3.8, 4) is 0 Å². The minimum Gasteiger partial charge on any atom is -0.227 e. The average Bonchev–Trinajstić information content (AvgIpc) is 2.37. The monoisotopic (exact) mass is 269 g/mol. The molecule has 0 aliphatic heterocycles. The zero-order chi connectivity index (χ0) is 13.1. The van der Waals surface area contributed by atoms with Gasteiger partial charge in [0, 0.05) is 4.86 Å². The van der Waals surface area contributed by atoms with Crippen molar-refractivity contribution in [3.05, 3.63) is 0 Å². The van der Waals surface area contributed by atoms with Crippen molar-refractivity contribution >= 4 is 17.1 Å². The summed E-state index contributed by atoms with van der Waals surface area (Å²) in [5, 5.41) is 11.8. The lowest BCUT2D eigenvalue weighted by atomic mass is 10.00. The summed E-state index contributed by atoms with van der Waals surface area (Å²) in [7, 11) is 0. The highest BCUT2D eigenvalue weighted by molar-refractivity contribution is 7.80. The lowest BCUT2D eigenvalue weighted by Crippen LogP contribution is -2.16. The molecule has 2 heteroatoms. The molecule has 105 valence electrons. The summed E-state index contributed by atoms with van der Waals surface area (Å²) in [4.78, 5) is 0.794. The van der Waals surface area contributed by atoms with E-state index in [1.165, 1.54) is 64.2 Å². The van der Waals surface area contributed by atoms with E-state index < -0.39 is 6.10 Å². The van der Waals surface area contributed by atoms with Gasteiger partial charge in [0.25, 0.3) is 0 Å². The van der Waals surface area contributed by atoms with Crippen LogP contribution in [0.15, 0.2) is 0 Å². The van der Waals surface area contributed by atoms with E-state index in [9.17, 15) is 5.11 Å². The van der Waals surface area contributed by atoms with Gasteiger partial charge in [0.05, 0.1) is 0 Å². The Bertz CT molecular complexity index is 215. The molecule has 0 aromatic heterocycles. The summed E-state index contributed by atoms with van der Waals surface area (Å²) < 4.78 is 0. The largest absolute Gasteiger partial charge is 0.227 e. The van der Waals surface area contributed by atoms with Crippen LogP contribution in [0.3, 0.4) is 0 Å². The van der Waals surface area contributed by atoms with Gasteiger partial charge in [0.15, 0.2) is 0 Å². The van der Waals surface area contributed by atoms with Gasteiger partial charge in [0.2, 0.25) is 0 Å². The van der Waals surface area contributed by atoms with E-state index in [0.29, 0.717) is 0 Å². The van der Waals surface area contributed by atoms with Crippen molar-refractivity contribution in [2.45, 2.75) is 96.0 Å². The summed E-state index contributed by atoms with van der Waals surface area (Å²) in [6.07, 6.45) is 16.8. The van der Waals surface area contributed by atoms with Crippen molar-refractivity contribution in [2.75, 3.05) is 0 Å². The topological polar surface area (TPSA) is 19.9 Å². The van der Waals surface area contributed by atoms with Gasteiger partial charge in [-0.25, -0.2) is 5.11 Å². The molecule has 18 heavy (non-hydrogen) atoms. The van der Waals surface area contributed by atoms with Gasteiger partial charge in [-0.1, -0.05) is 82.8 Å². The van der Waals surface area contributed by atoms with Crippen LogP contribution >= 0.6 is 12.2 Å². The van der Waals surface area contributed by atoms with Crippen LogP contribution in [0.2, 0.25) is 0 Å². The van der Waals surface area contributed by atoms with Crippen molar-refractivity contribution in [2.24, 2.45) is 0 Å². The summed E-state index contributed by atoms with van der Waals surface area (Å²) in [6.45, 7) is 0. The zero-order valence-electron chi connectivity index (χ0n) is 11.8. The molecule has 0 amide bonds. The van der Waals surface area contributed by atoms with E-state index in [1.807, 2.05) is 0 Å². The molecule has 0 heterocycles. The molecule has 1 saturated carbocycles. The van der Waals surface area contributed by atoms with Crippen molar-refractivity contribution < 1.29 is 5.11 Å². The van der Waals surface area contributed by atoms with Gasteiger partial charge in [-0.15, -0.1) is 0 Å². The van der Waals surface area contributed by atoms with Crippen LogP contribution in [-0.2, 0) is 5.11 Å². The SMILES string of the molecule is [O]C1CCCCCCCCCCCCCCC1=S. The lowest BCUT2D eigenvalue weighted by Gasteiger charge is -2.10. The molecule has 0 saturated heterocycles. The van der Waals surface area contributed by atoms with Gasteiger partial charge < -0.3 is 0 Å². The highest BCUT2D eigenvalue weighted by Gasteiger charge is 2.11. The standard InChI is InChI=1S/C16H29OS/c17-15-13-11-9-7-5-3-1-2-4-6-8-10-12-14-16(15)18/h15H,1-14H2. The summed E-state index contributed by atoms with van der Waals surface area (Å²) in [5.41, 5.74) is 0. The first-order valence-corrected chi connectivity index (χ1v) is 8.40. The average molecular weight is 269 g/mol. The van der Waals surface area contributed by atoms with E-state index in [-0.39, 0.29) is 0 Å². The third-order valence-electron chi connectivity index (χ3n) is 4.00. The number of rotatable bonds is 0. The number of hydrogen-bond acceptors (Lipinski definition) is 1. The Morgan fingerprint density at radius 2 is 1.06 bits per heavy atom. The fourth-order valence-corrected chi connectivity index (χ4v) is 2.98. The zero-order valence-corrected chi connectivity index (χ0v) is 12.6. The maximum atomic E-state index is 11.8. The van der Waals surface area contributed by atoms with E-state index in [0.717, 1.165) is 30.5 Å². The summed E-state index contributed by atoms with van der Waals surface area (Å²) in [5.74, 6) is 0. The van der Waals surface area contributed by atoms with Crippen molar-refractivity contribution in [3.63, 3.8) is 0 Å². The van der Waals surface area contributed by atoms with E-state index in [4.69, 9.17) is 12.2 Å². The molecule has 1 aliphatic carbocycles. The lowest BCUT2D eigenvalue weighted by molar-refractivity contribution is 0.135. The molecule has 1 rings (SSSR count). The van der Waals surface area contributed by atoms with Crippen LogP contribution < -0.4 is 0 Å². The molecule has 1 fully saturated rings. The Morgan fingerprint density at radius 3 is 1.56 bits per heavy atom. The second-order valence-electron chi connectivity index (χ2n) is 5.74. The predicted molar refractivity (Wildman–Crippen MR) is 81.7 cm³/mol. The van der Waals surface area contributed by atoms with Gasteiger partial charge >= 0.3 is 0 Å². The predicted octanol–water partition coefficient (Wildman–Crippen LogP) is 5.63. The maximum absolute atomic E-state index is 11.8. The van der Waals surface area contributed by atoms with Gasteiger partial charge in [-0.05, 0) is 19.3 Å². The quantitative estimate of drug-likeness (QED) is 0.522. The Balaban J connectivity index is 2.22. The molecular formula is C16H29OS. The molecule has 0 aromatic rings. The highest BCUT2D eigenvalue weighted by Crippen LogP contribution is 2.16. The van der Waals surface area contributed by atoms with Gasteiger partial charge in [-0.2, -0.15) is 0 Å². The maximum Gasteiger partial charge on any atom is 0.124 e. The second-order valence-corrected chi connectivity index (χ2v) is 6.26. The van der Waals surface area contributed by atoms with Gasteiger partial charge in [0.1, 0.15) is 6.10 Å². The molecule has 1 atom stereocenters. The molecule has 1 unspecified atom stereocenters. The Hall–Kier alpha value is 0.0500. The van der Waals surface area contributed by atoms with Crippen LogP contribution in [0.4, 0.5) is 0 Å². The number of hydrogen-bond donors (Lipinski definition) is 0.